The predicted octanol–water partition coefficient (Wildman–Crippen LogP) is 0.277. The minimum atomic E-state index is -1.54. The molecule has 5 unspecified atom stereocenters. The second kappa shape index (κ2) is 10.1. The van der Waals surface area contributed by atoms with Crippen molar-refractivity contribution in [1.82, 2.24) is 0 Å². The maximum absolute atomic E-state index is 12.1. The van der Waals surface area contributed by atoms with Crippen LogP contribution in [0.3, 0.4) is 0 Å². The van der Waals surface area contributed by atoms with Gasteiger partial charge in [-0.2, -0.15) is 0 Å². The molecule has 1 saturated heterocycles. The standard InChI is InChI=1S/C22H25NO9/c1-11(25)23-16-8-5-13(9-15(16)21(29)30-2)12-3-6-14(7-4-12)31-22-20(28)19(27)18(26)17(10-24)32-22/h3-9,17-20,22,24,26-28H,10H2,1-2H3,(H,23,25). The zero-order chi connectivity index (χ0) is 23.4. The fraction of sp³-hybridized carbons (Fsp3) is 0.364. The summed E-state index contributed by atoms with van der Waals surface area (Å²) in [6.45, 7) is 0.782. The Balaban J connectivity index is 1.79. The first-order chi connectivity index (χ1) is 15.2. The second-order valence-corrected chi connectivity index (χ2v) is 7.27. The Hall–Kier alpha value is -3.02. The summed E-state index contributed by atoms with van der Waals surface area (Å²) in [6, 6.07) is 11.5. The zero-order valence-electron chi connectivity index (χ0n) is 17.5. The van der Waals surface area contributed by atoms with E-state index in [1.807, 2.05) is 0 Å². The van der Waals surface area contributed by atoms with Crippen molar-refractivity contribution in [2.75, 3.05) is 19.0 Å². The normalized spacial score (nSPS) is 25.1. The summed E-state index contributed by atoms with van der Waals surface area (Å²) in [6.07, 6.45) is -6.89. The van der Waals surface area contributed by atoms with Crippen molar-refractivity contribution in [2.24, 2.45) is 0 Å². The number of amides is 1. The van der Waals surface area contributed by atoms with Crippen molar-refractivity contribution in [2.45, 2.75) is 37.6 Å². The molecule has 1 aliphatic heterocycles. The van der Waals surface area contributed by atoms with E-state index in [-0.39, 0.29) is 11.5 Å². The van der Waals surface area contributed by atoms with E-state index < -0.39 is 43.3 Å². The molecular weight excluding hydrogens is 422 g/mol. The monoisotopic (exact) mass is 447 g/mol. The number of aliphatic hydroxyl groups excluding tert-OH is 4. The first-order valence-electron chi connectivity index (χ1n) is 9.82. The van der Waals surface area contributed by atoms with Gasteiger partial charge >= 0.3 is 5.97 Å². The Bertz CT molecular complexity index is 960. The fourth-order valence-electron chi connectivity index (χ4n) is 3.33. The molecule has 10 nitrogen and oxygen atoms in total. The molecule has 0 saturated carbocycles. The molecule has 0 spiro atoms. The summed E-state index contributed by atoms with van der Waals surface area (Å²) in [5.74, 6) is -0.614. The third-order valence-electron chi connectivity index (χ3n) is 5.02. The minimum Gasteiger partial charge on any atom is -0.465 e. The third-order valence-corrected chi connectivity index (χ3v) is 5.02. The van der Waals surface area contributed by atoms with Crippen LogP contribution in [0.15, 0.2) is 42.5 Å². The number of carbonyl (C=O) groups is 2. The molecule has 2 aromatic carbocycles. The van der Waals surface area contributed by atoms with Gasteiger partial charge in [0.25, 0.3) is 0 Å². The molecule has 0 aromatic heterocycles. The maximum atomic E-state index is 12.1. The number of hydrogen-bond donors (Lipinski definition) is 5. The number of aliphatic hydroxyl groups is 4. The van der Waals surface area contributed by atoms with Crippen LogP contribution in [0.25, 0.3) is 11.1 Å². The van der Waals surface area contributed by atoms with Gasteiger partial charge in [0.1, 0.15) is 30.2 Å². The van der Waals surface area contributed by atoms with E-state index in [1.165, 1.54) is 14.0 Å². The highest BCUT2D eigenvalue weighted by molar-refractivity contribution is 6.01. The number of esters is 1. The van der Waals surface area contributed by atoms with Crippen LogP contribution in [0.4, 0.5) is 5.69 Å². The van der Waals surface area contributed by atoms with Crippen LogP contribution >= 0.6 is 0 Å². The van der Waals surface area contributed by atoms with Gasteiger partial charge in [-0.05, 0) is 35.4 Å². The van der Waals surface area contributed by atoms with Gasteiger partial charge in [0.2, 0.25) is 12.2 Å². The van der Waals surface area contributed by atoms with E-state index in [1.54, 1.807) is 42.5 Å². The van der Waals surface area contributed by atoms with Crippen LogP contribution in [0.1, 0.15) is 17.3 Å². The van der Waals surface area contributed by atoms with Crippen LogP contribution in [0.2, 0.25) is 0 Å². The van der Waals surface area contributed by atoms with Crippen LogP contribution in [0.5, 0.6) is 5.75 Å². The number of ether oxygens (including phenoxy) is 3. The van der Waals surface area contributed by atoms with Crippen molar-refractivity contribution in [1.29, 1.82) is 0 Å². The van der Waals surface area contributed by atoms with Gasteiger partial charge in [-0.15, -0.1) is 0 Å². The molecule has 5 atom stereocenters. The maximum Gasteiger partial charge on any atom is 0.339 e. The molecule has 2 aromatic rings. The number of rotatable bonds is 6. The Morgan fingerprint density at radius 3 is 2.25 bits per heavy atom. The summed E-state index contributed by atoms with van der Waals surface area (Å²) in [5.41, 5.74) is 1.93. The van der Waals surface area contributed by atoms with Gasteiger partial charge in [0.15, 0.2) is 0 Å². The summed E-state index contributed by atoms with van der Waals surface area (Å²) < 4.78 is 15.7. The molecule has 0 aliphatic carbocycles. The molecule has 1 heterocycles. The second-order valence-electron chi connectivity index (χ2n) is 7.27. The molecule has 172 valence electrons. The van der Waals surface area contributed by atoms with Crippen molar-refractivity contribution >= 4 is 17.6 Å². The highest BCUT2D eigenvalue weighted by atomic mass is 16.7. The Morgan fingerprint density at radius 2 is 1.66 bits per heavy atom. The van der Waals surface area contributed by atoms with Gasteiger partial charge in [0.05, 0.1) is 25.0 Å². The summed E-state index contributed by atoms with van der Waals surface area (Å²) in [5, 5.41) is 41.7. The molecule has 1 fully saturated rings. The van der Waals surface area contributed by atoms with E-state index in [9.17, 15) is 30.0 Å². The van der Waals surface area contributed by atoms with Gasteiger partial charge < -0.3 is 40.0 Å². The Morgan fingerprint density at radius 1 is 1.00 bits per heavy atom. The lowest BCUT2D eigenvalue weighted by Crippen LogP contribution is -2.60. The molecular formula is C22H25NO9. The summed E-state index contributed by atoms with van der Waals surface area (Å²) in [7, 11) is 1.25. The molecule has 10 heteroatoms. The number of hydrogen-bond acceptors (Lipinski definition) is 9. The Kier molecular flexibility index (Phi) is 7.44. The predicted molar refractivity (Wildman–Crippen MR) is 112 cm³/mol. The molecule has 0 radical (unpaired) electrons. The molecule has 1 aliphatic rings. The fourth-order valence-corrected chi connectivity index (χ4v) is 3.33. The van der Waals surface area contributed by atoms with Crippen molar-refractivity contribution in [3.05, 3.63) is 48.0 Å². The van der Waals surface area contributed by atoms with Crippen LogP contribution in [-0.2, 0) is 14.3 Å². The number of benzene rings is 2. The van der Waals surface area contributed by atoms with E-state index in [0.717, 1.165) is 5.56 Å². The molecule has 0 bridgehead atoms. The Labute approximate surface area is 184 Å². The van der Waals surface area contributed by atoms with E-state index in [0.29, 0.717) is 17.0 Å². The largest absolute Gasteiger partial charge is 0.465 e. The summed E-state index contributed by atoms with van der Waals surface area (Å²) in [4.78, 5) is 23.5. The van der Waals surface area contributed by atoms with Crippen molar-refractivity contribution < 1.29 is 44.2 Å². The van der Waals surface area contributed by atoms with Crippen LogP contribution in [-0.4, -0.2) is 76.7 Å². The molecule has 32 heavy (non-hydrogen) atoms. The number of nitrogens with one attached hydrogen (secondary N) is 1. The number of carbonyl (C=O) groups excluding carboxylic acids is 2. The van der Waals surface area contributed by atoms with E-state index in [2.05, 4.69) is 5.32 Å². The first-order valence-corrected chi connectivity index (χ1v) is 9.82. The van der Waals surface area contributed by atoms with Crippen molar-refractivity contribution in [3.63, 3.8) is 0 Å². The SMILES string of the molecule is COC(=O)c1cc(-c2ccc(OC3OC(CO)C(O)C(O)C3O)cc2)ccc1NC(C)=O. The highest BCUT2D eigenvalue weighted by Gasteiger charge is 2.44. The molecule has 1 amide bonds. The lowest BCUT2D eigenvalue weighted by molar-refractivity contribution is -0.277. The third kappa shape index (κ3) is 5.06. The van der Waals surface area contributed by atoms with Crippen molar-refractivity contribution in [3.8, 4) is 16.9 Å². The number of anilines is 1. The van der Waals surface area contributed by atoms with Gasteiger partial charge in [-0.3, -0.25) is 4.79 Å². The highest BCUT2D eigenvalue weighted by Crippen LogP contribution is 2.29. The quantitative estimate of drug-likeness (QED) is 0.393. The van der Waals surface area contributed by atoms with Crippen LogP contribution in [0, 0.1) is 0 Å². The van der Waals surface area contributed by atoms with E-state index >= 15 is 0 Å². The minimum absolute atomic E-state index is 0.196. The first kappa shape index (κ1) is 23.6. The molecule has 3 rings (SSSR count). The lowest BCUT2D eigenvalue weighted by Gasteiger charge is -2.39. The number of methoxy groups -OCH3 is 1. The average molecular weight is 447 g/mol. The molecule has 5 N–H and O–H groups in total. The lowest BCUT2D eigenvalue weighted by atomic mass is 9.99. The summed E-state index contributed by atoms with van der Waals surface area (Å²) >= 11 is 0. The topological polar surface area (TPSA) is 155 Å². The van der Waals surface area contributed by atoms with Crippen LogP contribution < -0.4 is 10.1 Å². The van der Waals surface area contributed by atoms with E-state index in [4.69, 9.17) is 14.2 Å². The van der Waals surface area contributed by atoms with Gasteiger partial charge in [0, 0.05) is 6.92 Å². The van der Waals surface area contributed by atoms with Gasteiger partial charge in [-0.1, -0.05) is 18.2 Å². The zero-order valence-corrected chi connectivity index (χ0v) is 17.5. The average Bonchev–Trinajstić information content (AvgIpc) is 2.79. The van der Waals surface area contributed by atoms with Gasteiger partial charge in [-0.25, -0.2) is 4.79 Å². The smallest absolute Gasteiger partial charge is 0.339 e.